The van der Waals surface area contributed by atoms with Gasteiger partial charge in [0.2, 0.25) is 0 Å². The SMILES string of the molecule is Cc1ccc(C(=O)NCc2cccc(CO)c2)cc1O. The van der Waals surface area contributed by atoms with Crippen molar-refractivity contribution in [3.8, 4) is 5.75 Å². The Morgan fingerprint density at radius 3 is 2.60 bits per heavy atom. The number of aryl methyl sites for hydroxylation is 1. The topological polar surface area (TPSA) is 69.6 Å². The molecule has 0 saturated heterocycles. The summed E-state index contributed by atoms with van der Waals surface area (Å²) >= 11 is 0. The molecule has 0 atom stereocenters. The van der Waals surface area contributed by atoms with E-state index in [0.29, 0.717) is 12.1 Å². The number of hydrogen-bond acceptors (Lipinski definition) is 3. The normalized spacial score (nSPS) is 10.3. The van der Waals surface area contributed by atoms with Crippen LogP contribution in [0.4, 0.5) is 0 Å². The van der Waals surface area contributed by atoms with Crippen molar-refractivity contribution < 1.29 is 15.0 Å². The molecule has 0 aliphatic heterocycles. The largest absolute Gasteiger partial charge is 0.508 e. The zero-order chi connectivity index (χ0) is 14.5. The van der Waals surface area contributed by atoms with Gasteiger partial charge < -0.3 is 15.5 Å². The molecule has 2 aromatic carbocycles. The molecule has 0 spiro atoms. The molecule has 0 aliphatic rings. The highest BCUT2D eigenvalue weighted by atomic mass is 16.3. The van der Waals surface area contributed by atoms with Crippen molar-refractivity contribution in [2.75, 3.05) is 0 Å². The Labute approximate surface area is 117 Å². The van der Waals surface area contributed by atoms with E-state index in [4.69, 9.17) is 5.11 Å². The minimum atomic E-state index is -0.241. The van der Waals surface area contributed by atoms with Gasteiger partial charge in [-0.05, 0) is 35.7 Å². The Morgan fingerprint density at radius 1 is 1.15 bits per heavy atom. The smallest absolute Gasteiger partial charge is 0.251 e. The number of aromatic hydroxyl groups is 1. The first-order valence-electron chi connectivity index (χ1n) is 6.36. The van der Waals surface area contributed by atoms with E-state index in [1.807, 2.05) is 24.3 Å². The predicted octanol–water partition coefficient (Wildman–Crippen LogP) is 2.12. The molecule has 2 aromatic rings. The third kappa shape index (κ3) is 3.36. The predicted molar refractivity (Wildman–Crippen MR) is 76.4 cm³/mol. The highest BCUT2D eigenvalue weighted by Crippen LogP contribution is 2.17. The quantitative estimate of drug-likeness (QED) is 0.797. The third-order valence-corrected chi connectivity index (χ3v) is 3.10. The molecular weight excluding hydrogens is 254 g/mol. The van der Waals surface area contributed by atoms with Crippen molar-refractivity contribution in [2.45, 2.75) is 20.1 Å². The number of benzene rings is 2. The molecule has 0 aliphatic carbocycles. The lowest BCUT2D eigenvalue weighted by atomic mass is 10.1. The molecule has 20 heavy (non-hydrogen) atoms. The second-order valence-electron chi connectivity index (χ2n) is 4.66. The Kier molecular flexibility index (Phi) is 4.38. The van der Waals surface area contributed by atoms with Crippen molar-refractivity contribution >= 4 is 5.91 Å². The van der Waals surface area contributed by atoms with Gasteiger partial charge >= 0.3 is 0 Å². The van der Waals surface area contributed by atoms with Crippen LogP contribution in [0.3, 0.4) is 0 Å². The van der Waals surface area contributed by atoms with Crippen LogP contribution in [-0.4, -0.2) is 16.1 Å². The van der Waals surface area contributed by atoms with E-state index in [1.54, 1.807) is 19.1 Å². The minimum absolute atomic E-state index is 0.0202. The number of aliphatic hydroxyl groups excluding tert-OH is 1. The summed E-state index contributed by atoms with van der Waals surface area (Å²) in [6.45, 7) is 2.13. The average Bonchev–Trinajstić information content (AvgIpc) is 2.47. The molecule has 0 unspecified atom stereocenters. The number of phenols is 1. The molecule has 0 heterocycles. The Hall–Kier alpha value is -2.33. The summed E-state index contributed by atoms with van der Waals surface area (Å²) in [5.74, 6) is -0.130. The molecule has 3 N–H and O–H groups in total. The number of aliphatic hydroxyl groups is 1. The second-order valence-corrected chi connectivity index (χ2v) is 4.66. The van der Waals surface area contributed by atoms with E-state index in [0.717, 1.165) is 16.7 Å². The molecule has 0 saturated carbocycles. The van der Waals surface area contributed by atoms with Gasteiger partial charge in [0.05, 0.1) is 6.61 Å². The first-order valence-corrected chi connectivity index (χ1v) is 6.36. The van der Waals surface area contributed by atoms with Crippen LogP contribution in [0.5, 0.6) is 5.75 Å². The fourth-order valence-electron chi connectivity index (χ4n) is 1.87. The third-order valence-electron chi connectivity index (χ3n) is 3.10. The maximum atomic E-state index is 12.0. The first kappa shape index (κ1) is 14.1. The maximum absolute atomic E-state index is 12.0. The molecule has 2 rings (SSSR count). The highest BCUT2D eigenvalue weighted by Gasteiger charge is 2.07. The molecule has 0 bridgehead atoms. The number of carbonyl (C=O) groups is 1. The molecule has 0 radical (unpaired) electrons. The van der Waals surface area contributed by atoms with Crippen molar-refractivity contribution in [1.29, 1.82) is 0 Å². The van der Waals surface area contributed by atoms with Crippen LogP contribution in [0.15, 0.2) is 42.5 Å². The maximum Gasteiger partial charge on any atom is 0.251 e. The van der Waals surface area contributed by atoms with E-state index >= 15 is 0 Å². The summed E-state index contributed by atoms with van der Waals surface area (Å²) in [6.07, 6.45) is 0. The number of amides is 1. The standard InChI is InChI=1S/C16H17NO3/c1-11-5-6-14(8-15(11)19)16(20)17-9-12-3-2-4-13(7-12)10-18/h2-8,18-19H,9-10H2,1H3,(H,17,20). The zero-order valence-electron chi connectivity index (χ0n) is 11.3. The van der Waals surface area contributed by atoms with Gasteiger partial charge in [-0.25, -0.2) is 0 Å². The van der Waals surface area contributed by atoms with Crippen molar-refractivity contribution in [1.82, 2.24) is 5.32 Å². The van der Waals surface area contributed by atoms with Crippen LogP contribution in [-0.2, 0) is 13.2 Å². The zero-order valence-corrected chi connectivity index (χ0v) is 11.3. The van der Waals surface area contributed by atoms with Crippen molar-refractivity contribution in [3.05, 3.63) is 64.7 Å². The summed E-state index contributed by atoms with van der Waals surface area (Å²) in [4.78, 5) is 12.0. The van der Waals surface area contributed by atoms with Gasteiger partial charge in [0, 0.05) is 12.1 Å². The van der Waals surface area contributed by atoms with E-state index in [1.165, 1.54) is 6.07 Å². The number of nitrogens with one attached hydrogen (secondary N) is 1. The van der Waals surface area contributed by atoms with E-state index in [2.05, 4.69) is 5.32 Å². The number of carbonyl (C=O) groups excluding carboxylic acids is 1. The molecular formula is C16H17NO3. The monoisotopic (exact) mass is 271 g/mol. The van der Waals surface area contributed by atoms with Crippen LogP contribution in [0.1, 0.15) is 27.0 Å². The lowest BCUT2D eigenvalue weighted by Gasteiger charge is -2.07. The van der Waals surface area contributed by atoms with Crippen LogP contribution >= 0.6 is 0 Å². The van der Waals surface area contributed by atoms with Gasteiger partial charge in [0.15, 0.2) is 0 Å². The first-order chi connectivity index (χ1) is 9.60. The number of hydrogen-bond donors (Lipinski definition) is 3. The van der Waals surface area contributed by atoms with Gasteiger partial charge in [0.25, 0.3) is 5.91 Å². The summed E-state index contributed by atoms with van der Waals surface area (Å²) in [7, 11) is 0. The lowest BCUT2D eigenvalue weighted by molar-refractivity contribution is 0.0950. The van der Waals surface area contributed by atoms with Crippen LogP contribution in [0.25, 0.3) is 0 Å². The summed E-state index contributed by atoms with van der Waals surface area (Å²) in [5.41, 5.74) is 2.88. The van der Waals surface area contributed by atoms with E-state index in [-0.39, 0.29) is 18.3 Å². The molecule has 4 heteroatoms. The lowest BCUT2D eigenvalue weighted by Crippen LogP contribution is -2.22. The summed E-state index contributed by atoms with van der Waals surface area (Å²) in [5, 5.41) is 21.4. The highest BCUT2D eigenvalue weighted by molar-refractivity contribution is 5.94. The molecule has 1 amide bonds. The summed E-state index contributed by atoms with van der Waals surface area (Å²) < 4.78 is 0. The Balaban J connectivity index is 2.02. The van der Waals surface area contributed by atoms with Crippen LogP contribution in [0, 0.1) is 6.92 Å². The minimum Gasteiger partial charge on any atom is -0.508 e. The molecule has 4 nitrogen and oxygen atoms in total. The van der Waals surface area contributed by atoms with Gasteiger partial charge in [0.1, 0.15) is 5.75 Å². The molecule has 0 fully saturated rings. The number of rotatable bonds is 4. The molecule has 104 valence electrons. The number of phenolic OH excluding ortho intramolecular Hbond substituents is 1. The van der Waals surface area contributed by atoms with E-state index in [9.17, 15) is 9.90 Å². The Bertz CT molecular complexity index is 623. The second kappa shape index (κ2) is 6.21. The molecule has 0 aromatic heterocycles. The van der Waals surface area contributed by atoms with Gasteiger partial charge in [-0.15, -0.1) is 0 Å². The Morgan fingerprint density at radius 2 is 1.90 bits per heavy atom. The summed E-state index contributed by atoms with van der Waals surface area (Å²) in [6, 6.07) is 12.2. The van der Waals surface area contributed by atoms with Gasteiger partial charge in [-0.3, -0.25) is 4.79 Å². The average molecular weight is 271 g/mol. The fourth-order valence-corrected chi connectivity index (χ4v) is 1.87. The van der Waals surface area contributed by atoms with Gasteiger partial charge in [-0.2, -0.15) is 0 Å². The van der Waals surface area contributed by atoms with Crippen LogP contribution < -0.4 is 5.32 Å². The van der Waals surface area contributed by atoms with Gasteiger partial charge in [-0.1, -0.05) is 30.3 Å². The van der Waals surface area contributed by atoms with Crippen molar-refractivity contribution in [3.63, 3.8) is 0 Å². The fraction of sp³-hybridized carbons (Fsp3) is 0.188. The van der Waals surface area contributed by atoms with Crippen LogP contribution in [0.2, 0.25) is 0 Å². The van der Waals surface area contributed by atoms with Crippen molar-refractivity contribution in [2.24, 2.45) is 0 Å². The van der Waals surface area contributed by atoms with E-state index < -0.39 is 0 Å².